The first-order valence-electron chi connectivity index (χ1n) is 9.25. The minimum atomic E-state index is 0.136. The van der Waals surface area contributed by atoms with E-state index in [-0.39, 0.29) is 6.04 Å². The summed E-state index contributed by atoms with van der Waals surface area (Å²) < 4.78 is 1.33. The van der Waals surface area contributed by atoms with Crippen molar-refractivity contribution in [1.29, 1.82) is 0 Å². The molecule has 0 radical (unpaired) electrons. The van der Waals surface area contributed by atoms with Crippen LogP contribution in [0, 0.1) is 0 Å². The summed E-state index contributed by atoms with van der Waals surface area (Å²) in [6, 6.07) is 25.0. The highest BCUT2D eigenvalue weighted by Gasteiger charge is 2.31. The lowest BCUT2D eigenvalue weighted by molar-refractivity contribution is 0.475. The van der Waals surface area contributed by atoms with Crippen LogP contribution in [0.5, 0.6) is 5.75 Å². The predicted molar refractivity (Wildman–Crippen MR) is 125 cm³/mol. The fourth-order valence-electron chi connectivity index (χ4n) is 3.89. The molecule has 0 spiro atoms. The van der Waals surface area contributed by atoms with Gasteiger partial charge in [-0.2, -0.15) is 0 Å². The third kappa shape index (κ3) is 3.21. The van der Waals surface area contributed by atoms with E-state index in [4.69, 9.17) is 0 Å². The number of thioether (sulfide) groups is 2. The highest BCUT2D eigenvalue weighted by Crippen LogP contribution is 2.51. The number of rotatable bonds is 4. The highest BCUT2D eigenvalue weighted by atomic mass is 32.2. The SMILES string of the molecule is CSC(SC)=C1c2ccccc2N([C@@H](C)c2ccc(O)cc2)c2ccccc21. The normalized spacial score (nSPS) is 13.7. The van der Waals surface area contributed by atoms with Gasteiger partial charge in [-0.25, -0.2) is 0 Å². The molecule has 0 aliphatic carbocycles. The van der Waals surface area contributed by atoms with Crippen LogP contribution in [0.3, 0.4) is 0 Å². The van der Waals surface area contributed by atoms with Crippen molar-refractivity contribution in [3.05, 3.63) is 93.7 Å². The van der Waals surface area contributed by atoms with E-state index >= 15 is 0 Å². The number of phenols is 1. The number of para-hydroxylation sites is 2. The van der Waals surface area contributed by atoms with Gasteiger partial charge in [0, 0.05) is 32.3 Å². The summed E-state index contributed by atoms with van der Waals surface area (Å²) in [7, 11) is 0. The van der Waals surface area contributed by atoms with Gasteiger partial charge in [-0.1, -0.05) is 48.5 Å². The third-order valence-electron chi connectivity index (χ3n) is 5.20. The third-order valence-corrected chi connectivity index (χ3v) is 7.35. The second-order valence-corrected chi connectivity index (χ2v) is 8.63. The summed E-state index contributed by atoms with van der Waals surface area (Å²) in [6.45, 7) is 2.22. The monoisotopic (exact) mass is 405 g/mol. The molecule has 0 amide bonds. The molecule has 1 aliphatic rings. The Balaban J connectivity index is 1.96. The Kier molecular flexibility index (Phi) is 5.42. The summed E-state index contributed by atoms with van der Waals surface area (Å²) in [6.07, 6.45) is 4.30. The van der Waals surface area contributed by atoms with E-state index in [0.717, 1.165) is 0 Å². The van der Waals surface area contributed by atoms with Gasteiger partial charge in [-0.15, -0.1) is 23.5 Å². The topological polar surface area (TPSA) is 23.5 Å². The number of anilines is 2. The summed E-state index contributed by atoms with van der Waals surface area (Å²) >= 11 is 3.62. The quantitative estimate of drug-likeness (QED) is 0.502. The molecule has 28 heavy (non-hydrogen) atoms. The van der Waals surface area contributed by atoms with Crippen LogP contribution in [0.1, 0.15) is 29.7 Å². The molecule has 0 unspecified atom stereocenters. The lowest BCUT2D eigenvalue weighted by Crippen LogP contribution is -2.26. The van der Waals surface area contributed by atoms with Crippen LogP contribution in [0.15, 0.2) is 77.0 Å². The molecule has 1 atom stereocenters. The first-order valence-corrected chi connectivity index (χ1v) is 11.7. The van der Waals surface area contributed by atoms with Crippen LogP contribution < -0.4 is 4.90 Å². The zero-order valence-corrected chi connectivity index (χ0v) is 17.8. The molecular formula is C24H23NOS2. The maximum Gasteiger partial charge on any atom is 0.115 e. The van der Waals surface area contributed by atoms with Gasteiger partial charge in [0.05, 0.1) is 6.04 Å². The first-order chi connectivity index (χ1) is 13.7. The Morgan fingerprint density at radius 1 is 0.786 bits per heavy atom. The van der Waals surface area contributed by atoms with E-state index in [0.29, 0.717) is 5.75 Å². The molecule has 0 aromatic heterocycles. The Morgan fingerprint density at radius 2 is 1.29 bits per heavy atom. The molecular weight excluding hydrogens is 382 g/mol. The predicted octanol–water partition coefficient (Wildman–Crippen LogP) is 7.05. The Bertz CT molecular complexity index is 971. The fraction of sp³-hybridized carbons (Fsp3) is 0.167. The molecule has 2 nitrogen and oxygen atoms in total. The van der Waals surface area contributed by atoms with E-state index in [9.17, 15) is 5.11 Å². The van der Waals surface area contributed by atoms with Gasteiger partial charge in [0.2, 0.25) is 0 Å². The van der Waals surface area contributed by atoms with Crippen molar-refractivity contribution in [2.45, 2.75) is 13.0 Å². The molecule has 0 fully saturated rings. The zero-order valence-electron chi connectivity index (χ0n) is 16.2. The lowest BCUT2D eigenvalue weighted by atomic mass is 9.89. The number of phenolic OH excluding ortho intramolecular Hbond substituents is 1. The highest BCUT2D eigenvalue weighted by molar-refractivity contribution is 8.21. The minimum Gasteiger partial charge on any atom is -0.508 e. The Labute approximate surface area is 175 Å². The average molecular weight is 406 g/mol. The smallest absolute Gasteiger partial charge is 0.115 e. The maximum absolute atomic E-state index is 9.69. The van der Waals surface area contributed by atoms with Gasteiger partial charge in [-0.05, 0) is 49.3 Å². The van der Waals surface area contributed by atoms with Crippen molar-refractivity contribution in [1.82, 2.24) is 0 Å². The van der Waals surface area contributed by atoms with E-state index in [1.165, 1.54) is 37.9 Å². The van der Waals surface area contributed by atoms with Crippen molar-refractivity contribution in [2.75, 3.05) is 17.4 Å². The van der Waals surface area contributed by atoms with Gasteiger partial charge >= 0.3 is 0 Å². The fourth-order valence-corrected chi connectivity index (χ4v) is 5.41. The van der Waals surface area contributed by atoms with Gasteiger partial charge in [0.1, 0.15) is 5.75 Å². The average Bonchev–Trinajstić information content (AvgIpc) is 2.74. The number of aromatic hydroxyl groups is 1. The molecule has 3 aromatic rings. The van der Waals surface area contributed by atoms with Gasteiger partial charge in [0.25, 0.3) is 0 Å². The van der Waals surface area contributed by atoms with Crippen molar-refractivity contribution in [2.24, 2.45) is 0 Å². The van der Waals surface area contributed by atoms with Crippen LogP contribution in [-0.2, 0) is 0 Å². The second-order valence-electron chi connectivity index (χ2n) is 6.74. The molecule has 3 aromatic carbocycles. The van der Waals surface area contributed by atoms with Crippen molar-refractivity contribution in [3.63, 3.8) is 0 Å². The first kappa shape index (κ1) is 19.0. The summed E-state index contributed by atoms with van der Waals surface area (Å²) in [5, 5.41) is 9.69. The van der Waals surface area contributed by atoms with E-state index in [2.05, 4.69) is 72.9 Å². The van der Waals surface area contributed by atoms with Crippen molar-refractivity contribution < 1.29 is 5.11 Å². The molecule has 142 valence electrons. The number of nitrogens with zero attached hydrogens (tertiary/aromatic N) is 1. The molecule has 1 heterocycles. The van der Waals surface area contributed by atoms with Crippen LogP contribution in [0.2, 0.25) is 0 Å². The zero-order chi connectivity index (χ0) is 19.7. The lowest BCUT2D eigenvalue weighted by Gasteiger charge is -2.39. The Morgan fingerprint density at radius 3 is 1.79 bits per heavy atom. The second kappa shape index (κ2) is 7.98. The number of benzene rings is 3. The largest absolute Gasteiger partial charge is 0.508 e. The van der Waals surface area contributed by atoms with E-state index in [1.807, 2.05) is 35.7 Å². The molecule has 0 saturated carbocycles. The van der Waals surface area contributed by atoms with Gasteiger partial charge in [0.15, 0.2) is 0 Å². The number of hydrogen-bond donors (Lipinski definition) is 1. The number of fused-ring (bicyclic) bond motifs is 2. The van der Waals surface area contributed by atoms with Crippen LogP contribution >= 0.6 is 23.5 Å². The molecule has 4 rings (SSSR count). The summed E-state index contributed by atoms with van der Waals surface area (Å²) in [4.78, 5) is 2.42. The molecule has 0 saturated heterocycles. The maximum atomic E-state index is 9.69. The summed E-state index contributed by atoms with van der Waals surface area (Å²) in [5.41, 5.74) is 7.47. The van der Waals surface area contributed by atoms with Gasteiger partial charge in [-0.3, -0.25) is 0 Å². The molecule has 0 bridgehead atoms. The van der Waals surface area contributed by atoms with Crippen LogP contribution in [-0.4, -0.2) is 17.6 Å². The van der Waals surface area contributed by atoms with E-state index in [1.54, 1.807) is 12.1 Å². The Hall–Kier alpha value is -2.30. The standard InChI is InChI=1S/C24H23NOS2/c1-16(17-12-14-18(26)15-13-17)25-21-10-6-4-8-19(21)23(24(27-2)28-3)20-9-5-7-11-22(20)25/h4-16,26H,1-3H3/t16-/m0/s1. The van der Waals surface area contributed by atoms with Crippen LogP contribution in [0.4, 0.5) is 11.4 Å². The summed E-state index contributed by atoms with van der Waals surface area (Å²) in [5.74, 6) is 0.296. The van der Waals surface area contributed by atoms with Crippen molar-refractivity contribution in [3.8, 4) is 5.75 Å². The molecule has 4 heteroatoms. The van der Waals surface area contributed by atoms with Gasteiger partial charge < -0.3 is 10.0 Å². The van der Waals surface area contributed by atoms with Crippen molar-refractivity contribution >= 4 is 40.5 Å². The molecule has 1 aliphatic heterocycles. The van der Waals surface area contributed by atoms with E-state index < -0.39 is 0 Å². The molecule has 1 N–H and O–H groups in total. The number of hydrogen-bond acceptors (Lipinski definition) is 4. The minimum absolute atomic E-state index is 0.136. The van der Waals surface area contributed by atoms with Crippen LogP contribution in [0.25, 0.3) is 5.57 Å².